The number of hydrogen-bond donors (Lipinski definition) is 1. The fourth-order valence-corrected chi connectivity index (χ4v) is 4.05. The van der Waals surface area contributed by atoms with E-state index in [2.05, 4.69) is 0 Å². The van der Waals surface area contributed by atoms with E-state index in [1.54, 1.807) is 39.8 Å². The molecular formula is C13H18O4S. The van der Waals surface area contributed by atoms with Crippen molar-refractivity contribution in [2.45, 2.75) is 37.8 Å². The van der Waals surface area contributed by atoms with E-state index in [9.17, 15) is 13.2 Å². The topological polar surface area (TPSA) is 71.4 Å². The smallest absolute Gasteiger partial charge is 0.322 e. The zero-order valence-corrected chi connectivity index (χ0v) is 11.8. The highest BCUT2D eigenvalue weighted by molar-refractivity contribution is 7.92. The first-order chi connectivity index (χ1) is 8.17. The molecule has 0 bridgehead atoms. The van der Waals surface area contributed by atoms with Gasteiger partial charge in [0, 0.05) is 0 Å². The maximum Gasteiger partial charge on any atom is 0.322 e. The van der Waals surface area contributed by atoms with Gasteiger partial charge in [-0.1, -0.05) is 26.0 Å². The molecule has 100 valence electrons. The molecule has 0 aliphatic heterocycles. The molecule has 1 atom stereocenters. The lowest BCUT2D eigenvalue weighted by Crippen LogP contribution is -2.35. The molecule has 0 fully saturated rings. The minimum Gasteiger partial charge on any atom is -0.480 e. The molecule has 0 amide bonds. The van der Waals surface area contributed by atoms with Gasteiger partial charge in [-0.25, -0.2) is 8.42 Å². The normalized spacial score (nSPS) is 13.6. The second kappa shape index (κ2) is 5.10. The first-order valence-corrected chi connectivity index (χ1v) is 7.26. The van der Waals surface area contributed by atoms with E-state index in [-0.39, 0.29) is 4.90 Å². The number of carboxylic acids is 1. The number of rotatable bonds is 4. The van der Waals surface area contributed by atoms with Crippen LogP contribution in [0, 0.1) is 19.8 Å². The molecule has 1 aromatic carbocycles. The molecule has 0 heterocycles. The molecule has 5 heteroatoms. The van der Waals surface area contributed by atoms with Crippen LogP contribution in [0.2, 0.25) is 0 Å². The van der Waals surface area contributed by atoms with Crippen LogP contribution in [0.4, 0.5) is 0 Å². The average molecular weight is 270 g/mol. The van der Waals surface area contributed by atoms with Crippen molar-refractivity contribution < 1.29 is 18.3 Å². The number of hydrogen-bond acceptors (Lipinski definition) is 3. The summed E-state index contributed by atoms with van der Waals surface area (Å²) in [4.78, 5) is 11.3. The molecule has 4 nitrogen and oxygen atoms in total. The molecule has 18 heavy (non-hydrogen) atoms. The Kier molecular flexibility index (Phi) is 4.16. The zero-order valence-electron chi connectivity index (χ0n) is 11.0. The number of benzene rings is 1. The Morgan fingerprint density at radius 2 is 1.78 bits per heavy atom. The van der Waals surface area contributed by atoms with E-state index in [4.69, 9.17) is 5.11 Å². The van der Waals surface area contributed by atoms with Gasteiger partial charge in [0.05, 0.1) is 4.90 Å². The van der Waals surface area contributed by atoms with Crippen LogP contribution in [0.15, 0.2) is 23.1 Å². The molecule has 0 radical (unpaired) electrons. The number of carbonyl (C=O) groups is 1. The highest BCUT2D eigenvalue weighted by atomic mass is 32.2. The van der Waals surface area contributed by atoms with Crippen molar-refractivity contribution in [1.29, 1.82) is 0 Å². The molecule has 1 unspecified atom stereocenters. The van der Waals surface area contributed by atoms with Gasteiger partial charge in [-0.3, -0.25) is 4.79 Å². The van der Waals surface area contributed by atoms with Crippen molar-refractivity contribution in [3.8, 4) is 0 Å². The van der Waals surface area contributed by atoms with Crippen LogP contribution < -0.4 is 0 Å². The standard InChI is InChI=1S/C13H18O4S/c1-8(2)12(13(14)15)18(16,17)11-7-9(3)5-6-10(11)4/h5-8,12H,1-4H3,(H,14,15). The average Bonchev–Trinajstić information content (AvgIpc) is 2.19. The van der Waals surface area contributed by atoms with Gasteiger partial charge in [-0.2, -0.15) is 0 Å². The van der Waals surface area contributed by atoms with Crippen LogP contribution in [0.3, 0.4) is 0 Å². The summed E-state index contributed by atoms with van der Waals surface area (Å²) in [6, 6.07) is 5.03. The second-order valence-corrected chi connectivity index (χ2v) is 6.85. The Morgan fingerprint density at radius 3 is 2.22 bits per heavy atom. The van der Waals surface area contributed by atoms with Crippen LogP contribution >= 0.6 is 0 Å². The summed E-state index contributed by atoms with van der Waals surface area (Å²) in [7, 11) is -3.85. The molecule has 0 saturated heterocycles. The summed E-state index contributed by atoms with van der Waals surface area (Å²) < 4.78 is 24.8. The number of aliphatic carboxylic acids is 1. The van der Waals surface area contributed by atoms with E-state index < -0.39 is 27.0 Å². The SMILES string of the molecule is Cc1ccc(C)c(S(=O)(=O)C(C(=O)O)C(C)C)c1. The lowest BCUT2D eigenvalue weighted by molar-refractivity contribution is -0.137. The summed E-state index contributed by atoms with van der Waals surface area (Å²) in [6.45, 7) is 6.65. The third-order valence-corrected chi connectivity index (χ3v) is 5.30. The highest BCUT2D eigenvalue weighted by Crippen LogP contribution is 2.25. The predicted molar refractivity (Wildman–Crippen MR) is 69.4 cm³/mol. The Morgan fingerprint density at radius 1 is 1.22 bits per heavy atom. The first-order valence-electron chi connectivity index (χ1n) is 5.72. The summed E-state index contributed by atoms with van der Waals surface area (Å²) >= 11 is 0. The second-order valence-electron chi connectivity index (χ2n) is 4.82. The van der Waals surface area contributed by atoms with Gasteiger partial charge in [0.15, 0.2) is 15.1 Å². The largest absolute Gasteiger partial charge is 0.480 e. The van der Waals surface area contributed by atoms with Gasteiger partial charge in [0.2, 0.25) is 0 Å². The summed E-state index contributed by atoms with van der Waals surface area (Å²) in [6.07, 6.45) is 0. The van der Waals surface area contributed by atoms with Crippen molar-refractivity contribution in [1.82, 2.24) is 0 Å². The molecule has 0 aliphatic rings. The van der Waals surface area contributed by atoms with E-state index in [1.165, 1.54) is 6.07 Å². The Labute approximate surface area is 108 Å². The maximum atomic E-state index is 12.4. The lowest BCUT2D eigenvalue weighted by atomic mass is 10.1. The molecule has 1 N–H and O–H groups in total. The Balaban J connectivity index is 3.45. The zero-order chi connectivity index (χ0) is 14.1. The minimum atomic E-state index is -3.85. The van der Waals surface area contributed by atoms with Crippen LogP contribution in [0.5, 0.6) is 0 Å². The minimum absolute atomic E-state index is 0.114. The van der Waals surface area contributed by atoms with Gasteiger partial charge in [-0.15, -0.1) is 0 Å². The molecule has 0 aromatic heterocycles. The van der Waals surface area contributed by atoms with Crippen molar-refractivity contribution in [2.75, 3.05) is 0 Å². The van der Waals surface area contributed by atoms with E-state index in [1.807, 2.05) is 0 Å². The Bertz CT molecular complexity index is 558. The van der Waals surface area contributed by atoms with Crippen molar-refractivity contribution in [3.05, 3.63) is 29.3 Å². The molecule has 0 spiro atoms. The van der Waals surface area contributed by atoms with Gasteiger partial charge >= 0.3 is 5.97 Å². The molecular weight excluding hydrogens is 252 g/mol. The van der Waals surface area contributed by atoms with E-state index in [0.717, 1.165) is 5.56 Å². The molecule has 0 saturated carbocycles. The number of sulfone groups is 1. The van der Waals surface area contributed by atoms with Crippen molar-refractivity contribution in [3.63, 3.8) is 0 Å². The summed E-state index contributed by atoms with van der Waals surface area (Å²) in [5, 5.41) is 7.72. The van der Waals surface area contributed by atoms with Crippen LogP contribution in [0.25, 0.3) is 0 Å². The van der Waals surface area contributed by atoms with E-state index in [0.29, 0.717) is 5.56 Å². The van der Waals surface area contributed by atoms with Gasteiger partial charge < -0.3 is 5.11 Å². The van der Waals surface area contributed by atoms with Crippen LogP contribution in [0.1, 0.15) is 25.0 Å². The highest BCUT2D eigenvalue weighted by Gasteiger charge is 2.37. The third kappa shape index (κ3) is 2.72. The van der Waals surface area contributed by atoms with Crippen LogP contribution in [-0.2, 0) is 14.6 Å². The number of aryl methyl sites for hydroxylation is 2. The van der Waals surface area contributed by atoms with E-state index >= 15 is 0 Å². The molecule has 1 aromatic rings. The number of carboxylic acid groups (broad SMARTS) is 1. The lowest BCUT2D eigenvalue weighted by Gasteiger charge is -2.18. The fraction of sp³-hybridized carbons (Fsp3) is 0.462. The quantitative estimate of drug-likeness (QED) is 0.910. The van der Waals surface area contributed by atoms with Gasteiger partial charge in [-0.05, 0) is 37.0 Å². The van der Waals surface area contributed by atoms with Crippen molar-refractivity contribution in [2.24, 2.45) is 5.92 Å². The van der Waals surface area contributed by atoms with Gasteiger partial charge in [0.1, 0.15) is 0 Å². The summed E-state index contributed by atoms with van der Waals surface area (Å²) in [5.74, 6) is -1.78. The third-order valence-electron chi connectivity index (χ3n) is 2.83. The van der Waals surface area contributed by atoms with Crippen molar-refractivity contribution >= 4 is 15.8 Å². The maximum absolute atomic E-state index is 12.4. The molecule has 0 aliphatic carbocycles. The molecule has 1 rings (SSSR count). The monoisotopic (exact) mass is 270 g/mol. The van der Waals surface area contributed by atoms with Crippen LogP contribution in [-0.4, -0.2) is 24.7 Å². The first kappa shape index (κ1) is 14.7. The van der Waals surface area contributed by atoms with Gasteiger partial charge in [0.25, 0.3) is 0 Å². The predicted octanol–water partition coefficient (Wildman–Crippen LogP) is 2.19. The Hall–Kier alpha value is -1.36. The fourth-order valence-electron chi connectivity index (χ4n) is 1.93. The summed E-state index contributed by atoms with van der Waals surface area (Å²) in [5.41, 5.74) is 1.37.